The van der Waals surface area contributed by atoms with Gasteiger partial charge in [-0.2, -0.15) is 0 Å². The molecule has 0 saturated carbocycles. The van der Waals surface area contributed by atoms with Gasteiger partial charge in [-0.25, -0.2) is 8.42 Å². The lowest BCUT2D eigenvalue weighted by atomic mass is 10.0. The number of rotatable bonds is 12. The summed E-state index contributed by atoms with van der Waals surface area (Å²) in [5.41, 5.74) is 1.98. The Morgan fingerprint density at radius 3 is 2.21 bits per heavy atom. The smallest absolute Gasteiger partial charge is 0.244 e. The Kier molecular flexibility index (Phi) is 11.2. The molecule has 0 aliphatic carbocycles. The topological polar surface area (TPSA) is 86.8 Å². The predicted molar refractivity (Wildman–Crippen MR) is 165 cm³/mol. The fourth-order valence-corrected chi connectivity index (χ4v) is 5.47. The summed E-state index contributed by atoms with van der Waals surface area (Å²) in [6.07, 6.45) is 2.05. The minimum atomic E-state index is -3.81. The summed E-state index contributed by atoms with van der Waals surface area (Å²) < 4.78 is 27.6. The highest BCUT2D eigenvalue weighted by Crippen LogP contribution is 2.22. The molecule has 3 rings (SSSR count). The van der Waals surface area contributed by atoms with Gasteiger partial charge in [-0.3, -0.25) is 13.9 Å². The molecule has 0 unspecified atom stereocenters. The summed E-state index contributed by atoms with van der Waals surface area (Å²) in [5.74, 6) is -0.803. The van der Waals surface area contributed by atoms with Crippen molar-refractivity contribution >= 4 is 61.7 Å². The fourth-order valence-electron chi connectivity index (χ4n) is 4.05. The Morgan fingerprint density at radius 1 is 0.974 bits per heavy atom. The van der Waals surface area contributed by atoms with Gasteiger partial charge in [0.15, 0.2) is 0 Å². The molecule has 0 aliphatic heterocycles. The molecule has 0 radical (unpaired) electrons. The Morgan fingerprint density at radius 2 is 1.62 bits per heavy atom. The first-order valence-electron chi connectivity index (χ1n) is 12.6. The van der Waals surface area contributed by atoms with Crippen molar-refractivity contribution < 1.29 is 18.0 Å². The van der Waals surface area contributed by atoms with Gasteiger partial charge >= 0.3 is 0 Å². The summed E-state index contributed by atoms with van der Waals surface area (Å²) in [7, 11) is -3.81. The largest absolute Gasteiger partial charge is 0.352 e. The average Bonchev–Trinajstić information content (AvgIpc) is 2.89. The number of nitrogens with zero attached hydrogens (tertiary/aromatic N) is 2. The van der Waals surface area contributed by atoms with Crippen LogP contribution in [-0.4, -0.2) is 50.0 Å². The molecule has 1 N–H and O–H groups in total. The molecule has 0 fully saturated rings. The van der Waals surface area contributed by atoms with E-state index in [1.54, 1.807) is 42.5 Å². The normalized spacial score (nSPS) is 12.8. The number of halogens is 2. The summed E-state index contributed by atoms with van der Waals surface area (Å²) in [5, 5.41) is 3.51. The van der Waals surface area contributed by atoms with Gasteiger partial charge in [0.1, 0.15) is 12.6 Å². The minimum Gasteiger partial charge on any atom is -0.352 e. The van der Waals surface area contributed by atoms with E-state index in [1.807, 2.05) is 50.2 Å². The lowest BCUT2D eigenvalue weighted by molar-refractivity contribution is -0.140. The van der Waals surface area contributed by atoms with E-state index in [9.17, 15) is 18.0 Å². The van der Waals surface area contributed by atoms with E-state index >= 15 is 0 Å². The third-order valence-electron chi connectivity index (χ3n) is 6.31. The molecule has 2 amide bonds. The van der Waals surface area contributed by atoms with Crippen LogP contribution in [0.25, 0.3) is 0 Å². The molecule has 208 valence electrons. The van der Waals surface area contributed by atoms with E-state index in [0.717, 1.165) is 31.7 Å². The maximum absolute atomic E-state index is 14.0. The van der Waals surface area contributed by atoms with Crippen molar-refractivity contribution in [3.8, 4) is 0 Å². The quantitative estimate of drug-likeness (QED) is 0.264. The summed E-state index contributed by atoms with van der Waals surface area (Å²) >= 11 is 8.37. The lowest BCUT2D eigenvalue weighted by Gasteiger charge is -2.34. The number of carbonyl (C=O) groups excluding carboxylic acids is 2. The highest BCUT2D eigenvalue weighted by atomic mass is 127. The maximum atomic E-state index is 14.0. The van der Waals surface area contributed by atoms with Crippen molar-refractivity contribution in [2.24, 2.45) is 0 Å². The summed E-state index contributed by atoms with van der Waals surface area (Å²) in [6, 6.07) is 22.4. The van der Waals surface area contributed by atoms with E-state index in [1.165, 1.54) is 4.90 Å². The highest BCUT2D eigenvalue weighted by Gasteiger charge is 2.33. The third-order valence-corrected chi connectivity index (χ3v) is 8.40. The number of nitrogens with one attached hydrogen (secondary N) is 1. The molecule has 10 heteroatoms. The highest BCUT2D eigenvalue weighted by molar-refractivity contribution is 14.1. The van der Waals surface area contributed by atoms with E-state index in [4.69, 9.17) is 11.6 Å². The molecule has 3 aromatic rings. The first-order chi connectivity index (χ1) is 18.5. The van der Waals surface area contributed by atoms with Gasteiger partial charge in [0, 0.05) is 27.6 Å². The minimum absolute atomic E-state index is 0.0785. The first-order valence-corrected chi connectivity index (χ1v) is 15.9. The van der Waals surface area contributed by atoms with Crippen LogP contribution < -0.4 is 9.62 Å². The van der Waals surface area contributed by atoms with Gasteiger partial charge in [-0.1, -0.05) is 61.0 Å². The Bertz CT molecular complexity index is 1370. The molecule has 0 heterocycles. The molecule has 0 saturated heterocycles. The standard InChI is InChI=1S/C29H33ClIN3O4S/c1-4-21(2)32-29(36)27(18-22-9-6-5-7-10-22)33(19-23-11-8-12-24(30)17-23)28(35)20-34(39(3,37)38)26-15-13-25(31)14-16-26/h5-17,21,27H,4,18-20H2,1-3H3,(H,32,36)/t21-,27-/m0/s1. The van der Waals surface area contributed by atoms with Crippen molar-refractivity contribution in [2.75, 3.05) is 17.1 Å². The van der Waals surface area contributed by atoms with Gasteiger partial charge in [0.2, 0.25) is 21.8 Å². The number of hydrogen-bond acceptors (Lipinski definition) is 4. The SMILES string of the molecule is CC[C@H](C)NC(=O)[C@H](Cc1ccccc1)N(Cc1cccc(Cl)c1)C(=O)CN(c1ccc(I)cc1)S(C)(=O)=O. The lowest BCUT2D eigenvalue weighted by Crippen LogP contribution is -2.54. The molecule has 0 aliphatic rings. The number of carbonyl (C=O) groups is 2. The van der Waals surface area contributed by atoms with E-state index in [2.05, 4.69) is 27.9 Å². The second-order valence-corrected chi connectivity index (χ2v) is 13.0. The van der Waals surface area contributed by atoms with Crippen LogP contribution in [0.3, 0.4) is 0 Å². The van der Waals surface area contributed by atoms with E-state index < -0.39 is 28.5 Å². The zero-order chi connectivity index (χ0) is 28.6. The van der Waals surface area contributed by atoms with Crippen molar-refractivity contribution in [2.45, 2.75) is 45.3 Å². The van der Waals surface area contributed by atoms with Gasteiger partial charge in [0.25, 0.3) is 0 Å². The number of amides is 2. The molecule has 2 atom stereocenters. The second-order valence-electron chi connectivity index (χ2n) is 9.42. The van der Waals surface area contributed by atoms with Crippen LogP contribution in [0.5, 0.6) is 0 Å². The fraction of sp³-hybridized carbons (Fsp3) is 0.310. The molecule has 0 aromatic heterocycles. The molecule has 0 bridgehead atoms. The van der Waals surface area contributed by atoms with Gasteiger partial charge < -0.3 is 10.2 Å². The van der Waals surface area contributed by atoms with Crippen molar-refractivity contribution in [3.63, 3.8) is 0 Å². The Balaban J connectivity index is 2.05. The second kappa shape index (κ2) is 14.1. The monoisotopic (exact) mass is 681 g/mol. The van der Waals surface area contributed by atoms with Gasteiger partial charge in [0.05, 0.1) is 11.9 Å². The molecule has 7 nitrogen and oxygen atoms in total. The van der Waals surface area contributed by atoms with Crippen LogP contribution in [0.1, 0.15) is 31.4 Å². The average molecular weight is 682 g/mol. The summed E-state index contributed by atoms with van der Waals surface area (Å²) in [6.45, 7) is 3.50. The summed E-state index contributed by atoms with van der Waals surface area (Å²) in [4.78, 5) is 29.1. The number of anilines is 1. The van der Waals surface area contributed by atoms with Gasteiger partial charge in [-0.15, -0.1) is 0 Å². The van der Waals surface area contributed by atoms with Crippen LogP contribution in [0.15, 0.2) is 78.9 Å². The Labute approximate surface area is 249 Å². The van der Waals surface area contributed by atoms with Crippen molar-refractivity contribution in [1.29, 1.82) is 0 Å². The zero-order valence-electron chi connectivity index (χ0n) is 22.2. The van der Waals surface area contributed by atoms with Crippen LogP contribution in [0.4, 0.5) is 5.69 Å². The maximum Gasteiger partial charge on any atom is 0.244 e. The molecule has 0 spiro atoms. The third kappa shape index (κ3) is 9.22. The number of benzene rings is 3. The van der Waals surface area contributed by atoms with E-state index in [-0.39, 0.29) is 24.9 Å². The van der Waals surface area contributed by atoms with Crippen LogP contribution >= 0.6 is 34.2 Å². The predicted octanol–water partition coefficient (Wildman–Crippen LogP) is 5.27. The first kappa shape index (κ1) is 30.9. The number of hydrogen-bond donors (Lipinski definition) is 1. The van der Waals surface area contributed by atoms with Crippen LogP contribution in [-0.2, 0) is 32.6 Å². The van der Waals surface area contributed by atoms with E-state index in [0.29, 0.717) is 10.7 Å². The zero-order valence-corrected chi connectivity index (χ0v) is 25.9. The van der Waals surface area contributed by atoms with Gasteiger partial charge in [-0.05, 0) is 83.5 Å². The van der Waals surface area contributed by atoms with Crippen LogP contribution in [0, 0.1) is 3.57 Å². The van der Waals surface area contributed by atoms with Crippen molar-refractivity contribution in [3.05, 3.63) is 98.6 Å². The number of sulfonamides is 1. The molecular formula is C29H33ClIN3O4S. The molecule has 39 heavy (non-hydrogen) atoms. The van der Waals surface area contributed by atoms with Crippen molar-refractivity contribution in [1.82, 2.24) is 10.2 Å². The Hall–Kier alpha value is -2.63. The molecule has 3 aromatic carbocycles. The van der Waals surface area contributed by atoms with Crippen LogP contribution in [0.2, 0.25) is 5.02 Å². The molecular weight excluding hydrogens is 649 g/mol.